The van der Waals surface area contributed by atoms with Crippen LogP contribution in [-0.4, -0.2) is 40.4 Å². The maximum Gasteiger partial charge on any atom is 0.254 e. The van der Waals surface area contributed by atoms with Gasteiger partial charge in [-0.3, -0.25) is 9.48 Å². The van der Waals surface area contributed by atoms with Crippen molar-refractivity contribution >= 4 is 22.6 Å². The molecule has 2 rings (SSSR count). The minimum absolute atomic E-state index is 0.129. The molecule has 0 radical (unpaired) electrons. The maximum atomic E-state index is 11.8. The number of anilines is 1. The molecule has 0 aliphatic carbocycles. The van der Waals surface area contributed by atoms with E-state index in [9.17, 15) is 4.79 Å². The molecule has 0 aliphatic rings. The van der Waals surface area contributed by atoms with Gasteiger partial charge < -0.3 is 15.8 Å². The third-order valence-corrected chi connectivity index (χ3v) is 2.92. The van der Waals surface area contributed by atoms with E-state index in [1.54, 1.807) is 10.9 Å². The second-order valence-electron chi connectivity index (χ2n) is 4.25. The molecule has 0 aliphatic heterocycles. The Kier molecular flexibility index (Phi) is 3.77. The maximum absolute atomic E-state index is 11.8. The van der Waals surface area contributed by atoms with Gasteiger partial charge in [0.2, 0.25) is 0 Å². The van der Waals surface area contributed by atoms with Gasteiger partial charge in [0.15, 0.2) is 5.65 Å². The first-order valence-electron chi connectivity index (χ1n) is 5.90. The van der Waals surface area contributed by atoms with E-state index >= 15 is 0 Å². The fourth-order valence-corrected chi connectivity index (χ4v) is 1.91. The van der Waals surface area contributed by atoms with Gasteiger partial charge >= 0.3 is 0 Å². The highest BCUT2D eigenvalue weighted by Gasteiger charge is 2.16. The third kappa shape index (κ3) is 2.56. The standard InChI is InChI=1S/C12H17N5O2/c1-7-9-4-8(6-14-11(9)17(2)16-7)15-12(18)10(5-13)19-3/h4,6,10H,5,13H2,1-3H3,(H,15,18). The molecular formula is C12H17N5O2. The number of rotatable bonds is 4. The topological polar surface area (TPSA) is 95.1 Å². The number of hydrogen-bond acceptors (Lipinski definition) is 5. The molecule has 1 atom stereocenters. The number of carbonyl (C=O) groups excluding carboxylic acids is 1. The van der Waals surface area contributed by atoms with E-state index in [0.717, 1.165) is 16.7 Å². The van der Waals surface area contributed by atoms with E-state index in [0.29, 0.717) is 5.69 Å². The van der Waals surface area contributed by atoms with Gasteiger partial charge in [-0.1, -0.05) is 0 Å². The van der Waals surface area contributed by atoms with Crippen LogP contribution in [0.15, 0.2) is 12.3 Å². The van der Waals surface area contributed by atoms with Crippen molar-refractivity contribution in [2.24, 2.45) is 12.8 Å². The number of methoxy groups -OCH3 is 1. The molecule has 0 bridgehead atoms. The zero-order chi connectivity index (χ0) is 14.0. The zero-order valence-electron chi connectivity index (χ0n) is 11.2. The number of amides is 1. The molecule has 2 aromatic rings. The number of ether oxygens (including phenoxy) is 1. The number of pyridine rings is 1. The largest absolute Gasteiger partial charge is 0.370 e. The van der Waals surface area contributed by atoms with E-state index in [4.69, 9.17) is 10.5 Å². The summed E-state index contributed by atoms with van der Waals surface area (Å²) in [7, 11) is 3.28. The summed E-state index contributed by atoms with van der Waals surface area (Å²) in [6.45, 7) is 2.03. The van der Waals surface area contributed by atoms with E-state index in [1.807, 2.05) is 20.0 Å². The van der Waals surface area contributed by atoms with Crippen LogP contribution in [0.5, 0.6) is 0 Å². The number of carbonyl (C=O) groups is 1. The van der Waals surface area contributed by atoms with Crippen LogP contribution in [0.2, 0.25) is 0 Å². The Bertz CT molecular complexity index is 603. The number of fused-ring (bicyclic) bond motifs is 1. The molecule has 0 aromatic carbocycles. The lowest BCUT2D eigenvalue weighted by atomic mass is 10.2. The highest BCUT2D eigenvalue weighted by atomic mass is 16.5. The molecule has 0 fully saturated rings. The van der Waals surface area contributed by atoms with Gasteiger partial charge in [0.25, 0.3) is 5.91 Å². The summed E-state index contributed by atoms with van der Waals surface area (Å²) < 4.78 is 6.68. The van der Waals surface area contributed by atoms with Crippen LogP contribution in [0.25, 0.3) is 11.0 Å². The van der Waals surface area contributed by atoms with Crippen molar-refractivity contribution in [2.45, 2.75) is 13.0 Å². The van der Waals surface area contributed by atoms with Crippen LogP contribution in [0.3, 0.4) is 0 Å². The molecule has 2 heterocycles. The average molecular weight is 263 g/mol. The van der Waals surface area contributed by atoms with Gasteiger partial charge in [-0.05, 0) is 13.0 Å². The van der Waals surface area contributed by atoms with Crippen LogP contribution in [0, 0.1) is 6.92 Å². The average Bonchev–Trinajstić information content (AvgIpc) is 2.66. The monoisotopic (exact) mass is 263 g/mol. The summed E-state index contributed by atoms with van der Waals surface area (Å²) in [5, 5.41) is 7.91. The Hall–Kier alpha value is -1.99. The van der Waals surface area contributed by atoms with Crippen molar-refractivity contribution in [1.29, 1.82) is 0 Å². The Morgan fingerprint density at radius 2 is 2.37 bits per heavy atom. The predicted molar refractivity (Wildman–Crippen MR) is 71.7 cm³/mol. The van der Waals surface area contributed by atoms with Crippen molar-refractivity contribution in [1.82, 2.24) is 14.8 Å². The van der Waals surface area contributed by atoms with Gasteiger partial charge in [0, 0.05) is 26.1 Å². The zero-order valence-corrected chi connectivity index (χ0v) is 11.2. The molecule has 2 aromatic heterocycles. The molecule has 3 N–H and O–H groups in total. The molecule has 0 saturated carbocycles. The second-order valence-corrected chi connectivity index (χ2v) is 4.25. The molecule has 7 heteroatoms. The van der Waals surface area contributed by atoms with E-state index < -0.39 is 6.10 Å². The quantitative estimate of drug-likeness (QED) is 0.821. The normalized spacial score (nSPS) is 12.6. The number of hydrogen-bond donors (Lipinski definition) is 2. The fraction of sp³-hybridized carbons (Fsp3) is 0.417. The second kappa shape index (κ2) is 5.33. The summed E-state index contributed by atoms with van der Waals surface area (Å²) in [6, 6.07) is 1.84. The first-order chi connectivity index (χ1) is 9.06. The molecule has 1 amide bonds. The fourth-order valence-electron chi connectivity index (χ4n) is 1.91. The Labute approximate surface area is 110 Å². The molecule has 19 heavy (non-hydrogen) atoms. The SMILES string of the molecule is COC(CN)C(=O)Nc1cnc2c(c1)c(C)nn2C. The predicted octanol–water partition coefficient (Wildman–Crippen LogP) is 0.189. The van der Waals surface area contributed by atoms with E-state index in [1.165, 1.54) is 7.11 Å². The van der Waals surface area contributed by atoms with Crippen molar-refractivity contribution in [3.8, 4) is 0 Å². The smallest absolute Gasteiger partial charge is 0.254 e. The lowest BCUT2D eigenvalue weighted by Crippen LogP contribution is -2.35. The molecule has 0 saturated heterocycles. The first-order valence-corrected chi connectivity index (χ1v) is 5.90. The Morgan fingerprint density at radius 1 is 1.63 bits per heavy atom. The van der Waals surface area contributed by atoms with Crippen LogP contribution < -0.4 is 11.1 Å². The number of aryl methyl sites for hydroxylation is 2. The minimum Gasteiger partial charge on any atom is -0.370 e. The lowest BCUT2D eigenvalue weighted by molar-refractivity contribution is -0.125. The summed E-state index contributed by atoms with van der Waals surface area (Å²) in [4.78, 5) is 16.1. The molecule has 102 valence electrons. The van der Waals surface area contributed by atoms with Crippen LogP contribution in [-0.2, 0) is 16.6 Å². The molecule has 0 spiro atoms. The van der Waals surface area contributed by atoms with E-state index in [-0.39, 0.29) is 12.5 Å². The number of nitrogens with two attached hydrogens (primary N) is 1. The minimum atomic E-state index is -0.661. The summed E-state index contributed by atoms with van der Waals surface area (Å²) >= 11 is 0. The van der Waals surface area contributed by atoms with Gasteiger partial charge in [-0.2, -0.15) is 5.10 Å². The van der Waals surface area contributed by atoms with Gasteiger partial charge in [0.1, 0.15) is 6.10 Å². The van der Waals surface area contributed by atoms with Crippen LogP contribution >= 0.6 is 0 Å². The Morgan fingerprint density at radius 3 is 3.00 bits per heavy atom. The molecule has 1 unspecified atom stereocenters. The van der Waals surface area contributed by atoms with Gasteiger partial charge in [0.05, 0.1) is 17.6 Å². The van der Waals surface area contributed by atoms with Crippen LogP contribution in [0.4, 0.5) is 5.69 Å². The van der Waals surface area contributed by atoms with Crippen molar-refractivity contribution in [3.05, 3.63) is 18.0 Å². The number of nitrogens with zero attached hydrogens (tertiary/aromatic N) is 3. The van der Waals surface area contributed by atoms with Crippen molar-refractivity contribution < 1.29 is 9.53 Å². The summed E-state index contributed by atoms with van der Waals surface area (Å²) in [5.74, 6) is -0.285. The first kappa shape index (κ1) is 13.4. The van der Waals surface area contributed by atoms with Crippen LogP contribution in [0.1, 0.15) is 5.69 Å². The van der Waals surface area contributed by atoms with Gasteiger partial charge in [-0.25, -0.2) is 4.98 Å². The Balaban J connectivity index is 2.27. The molecular weight excluding hydrogens is 246 g/mol. The number of aromatic nitrogens is 3. The number of nitrogens with one attached hydrogen (secondary N) is 1. The summed E-state index contributed by atoms with van der Waals surface area (Å²) in [6.07, 6.45) is 0.926. The third-order valence-electron chi connectivity index (χ3n) is 2.92. The van der Waals surface area contributed by atoms with Gasteiger partial charge in [-0.15, -0.1) is 0 Å². The highest BCUT2D eigenvalue weighted by Crippen LogP contribution is 2.19. The van der Waals surface area contributed by atoms with E-state index in [2.05, 4.69) is 15.4 Å². The lowest BCUT2D eigenvalue weighted by Gasteiger charge is -2.12. The van der Waals surface area contributed by atoms with Crippen molar-refractivity contribution in [3.63, 3.8) is 0 Å². The molecule has 7 nitrogen and oxygen atoms in total. The highest BCUT2D eigenvalue weighted by molar-refractivity contribution is 5.96. The van der Waals surface area contributed by atoms with Crippen molar-refractivity contribution in [2.75, 3.05) is 19.0 Å². The summed E-state index contributed by atoms with van der Waals surface area (Å²) in [5.41, 5.74) is 7.68.